The number of ether oxygens (including phenoxy) is 1. The van der Waals surface area contributed by atoms with Gasteiger partial charge in [-0.05, 0) is 44.0 Å². The average Bonchev–Trinajstić information content (AvgIpc) is 2.79. The topological polar surface area (TPSA) is 38.5 Å². The summed E-state index contributed by atoms with van der Waals surface area (Å²) in [7, 11) is 3.60. The van der Waals surface area contributed by atoms with E-state index in [2.05, 4.69) is 18.0 Å². The van der Waals surface area contributed by atoms with Crippen LogP contribution in [0.1, 0.15) is 30.5 Å². The minimum atomic E-state index is -0.263. The smallest absolute Gasteiger partial charge is 0.165 e. The van der Waals surface area contributed by atoms with Crippen molar-refractivity contribution in [1.82, 2.24) is 4.90 Å². The molecule has 19 heavy (non-hydrogen) atoms. The molecule has 0 aliphatic carbocycles. The zero-order valence-electron chi connectivity index (χ0n) is 11.9. The third-order valence-corrected chi connectivity index (χ3v) is 4.07. The summed E-state index contributed by atoms with van der Waals surface area (Å²) in [5, 5.41) is 0. The first kappa shape index (κ1) is 14.3. The van der Waals surface area contributed by atoms with Gasteiger partial charge in [0.25, 0.3) is 0 Å². The third-order valence-electron chi connectivity index (χ3n) is 4.07. The number of aryl methyl sites for hydroxylation is 1. The highest BCUT2D eigenvalue weighted by molar-refractivity contribution is 5.41. The lowest BCUT2D eigenvalue weighted by atomic mass is 9.96. The molecule has 0 spiro atoms. The van der Waals surface area contributed by atoms with Crippen molar-refractivity contribution >= 4 is 0 Å². The standard InChI is InChI=1S/C15H23FN2O/c1-4-10-5-12(15(19-3)13(16)6-10)14-7-11(8-17)9-18(14)2/h5-6,11,14H,4,7-9,17H2,1-3H3. The summed E-state index contributed by atoms with van der Waals surface area (Å²) in [5.41, 5.74) is 7.73. The van der Waals surface area contributed by atoms with Crippen LogP contribution in [0.5, 0.6) is 5.75 Å². The SMILES string of the molecule is CCc1cc(F)c(OC)c(C2CC(CN)CN2C)c1. The van der Waals surface area contributed by atoms with Crippen LogP contribution in [0.25, 0.3) is 0 Å². The van der Waals surface area contributed by atoms with E-state index in [9.17, 15) is 4.39 Å². The molecule has 1 aromatic rings. The van der Waals surface area contributed by atoms with Gasteiger partial charge >= 0.3 is 0 Å². The largest absolute Gasteiger partial charge is 0.493 e. The maximum absolute atomic E-state index is 14.1. The van der Waals surface area contributed by atoms with Gasteiger partial charge in [0, 0.05) is 18.2 Å². The fraction of sp³-hybridized carbons (Fsp3) is 0.600. The Morgan fingerprint density at radius 2 is 2.21 bits per heavy atom. The van der Waals surface area contributed by atoms with E-state index >= 15 is 0 Å². The molecule has 2 atom stereocenters. The van der Waals surface area contributed by atoms with Crippen molar-refractivity contribution in [1.29, 1.82) is 0 Å². The lowest BCUT2D eigenvalue weighted by molar-refractivity contribution is 0.298. The highest BCUT2D eigenvalue weighted by atomic mass is 19.1. The Morgan fingerprint density at radius 1 is 1.47 bits per heavy atom. The molecular weight excluding hydrogens is 243 g/mol. The molecule has 2 N–H and O–H groups in total. The number of rotatable bonds is 4. The fourth-order valence-corrected chi connectivity index (χ4v) is 2.98. The molecule has 0 radical (unpaired) electrons. The minimum Gasteiger partial charge on any atom is -0.493 e. The third kappa shape index (κ3) is 2.74. The minimum absolute atomic E-state index is 0.199. The van der Waals surface area contributed by atoms with Gasteiger partial charge in [0.15, 0.2) is 11.6 Å². The lowest BCUT2D eigenvalue weighted by Crippen LogP contribution is -2.21. The predicted molar refractivity (Wildman–Crippen MR) is 74.9 cm³/mol. The number of hydrogen-bond donors (Lipinski definition) is 1. The predicted octanol–water partition coefficient (Wildman–Crippen LogP) is 2.35. The fourth-order valence-electron chi connectivity index (χ4n) is 2.98. The van der Waals surface area contributed by atoms with Gasteiger partial charge in [0.1, 0.15) is 0 Å². The highest BCUT2D eigenvalue weighted by Crippen LogP contribution is 2.39. The quantitative estimate of drug-likeness (QED) is 0.909. The van der Waals surface area contributed by atoms with Crippen LogP contribution in [-0.2, 0) is 6.42 Å². The summed E-state index contributed by atoms with van der Waals surface area (Å²) >= 11 is 0. The second-order valence-electron chi connectivity index (χ2n) is 5.35. The Kier molecular flexibility index (Phi) is 4.42. The summed E-state index contributed by atoms with van der Waals surface area (Å²) in [6.07, 6.45) is 1.79. The normalized spacial score (nSPS) is 23.8. The molecule has 0 aromatic heterocycles. The zero-order chi connectivity index (χ0) is 14.0. The number of likely N-dealkylation sites (tertiary alicyclic amines) is 1. The molecule has 1 heterocycles. The summed E-state index contributed by atoms with van der Waals surface area (Å²) in [6, 6.07) is 3.84. The van der Waals surface area contributed by atoms with Crippen LogP contribution in [0.2, 0.25) is 0 Å². The van der Waals surface area contributed by atoms with E-state index in [0.29, 0.717) is 18.2 Å². The molecule has 4 heteroatoms. The Morgan fingerprint density at radius 3 is 2.74 bits per heavy atom. The van der Waals surface area contributed by atoms with Gasteiger partial charge in [-0.15, -0.1) is 0 Å². The van der Waals surface area contributed by atoms with Crippen LogP contribution in [0.3, 0.4) is 0 Å². The summed E-state index contributed by atoms with van der Waals surface area (Å²) in [5.74, 6) is 0.598. The van der Waals surface area contributed by atoms with E-state index in [-0.39, 0.29) is 11.9 Å². The van der Waals surface area contributed by atoms with Gasteiger partial charge < -0.3 is 10.5 Å². The number of nitrogens with zero attached hydrogens (tertiary/aromatic N) is 1. The van der Waals surface area contributed by atoms with Crippen molar-refractivity contribution < 1.29 is 9.13 Å². The Bertz CT molecular complexity index is 450. The molecule has 106 valence electrons. The summed E-state index contributed by atoms with van der Waals surface area (Å²) < 4.78 is 19.4. The van der Waals surface area contributed by atoms with Gasteiger partial charge in [-0.25, -0.2) is 4.39 Å². The zero-order valence-corrected chi connectivity index (χ0v) is 11.9. The van der Waals surface area contributed by atoms with Gasteiger partial charge in [0.05, 0.1) is 7.11 Å². The molecule has 1 aromatic carbocycles. The summed E-state index contributed by atoms with van der Waals surface area (Å²) in [4.78, 5) is 2.24. The summed E-state index contributed by atoms with van der Waals surface area (Å²) in [6.45, 7) is 3.67. The molecule has 0 bridgehead atoms. The van der Waals surface area contributed by atoms with Crippen molar-refractivity contribution in [2.45, 2.75) is 25.8 Å². The number of benzene rings is 1. The maximum atomic E-state index is 14.1. The first-order valence-electron chi connectivity index (χ1n) is 6.87. The number of nitrogens with two attached hydrogens (primary N) is 1. The second kappa shape index (κ2) is 5.88. The highest BCUT2D eigenvalue weighted by Gasteiger charge is 2.32. The average molecular weight is 266 g/mol. The van der Waals surface area contributed by atoms with Crippen LogP contribution in [0.15, 0.2) is 12.1 Å². The molecule has 0 saturated carbocycles. The molecule has 1 saturated heterocycles. The van der Waals surface area contributed by atoms with E-state index in [1.165, 1.54) is 7.11 Å². The van der Waals surface area contributed by atoms with Gasteiger partial charge in [-0.1, -0.05) is 13.0 Å². The van der Waals surface area contributed by atoms with Crippen molar-refractivity contribution in [2.24, 2.45) is 11.7 Å². The molecule has 2 unspecified atom stereocenters. The van der Waals surface area contributed by atoms with Crippen molar-refractivity contribution in [3.8, 4) is 5.75 Å². The van der Waals surface area contributed by atoms with Crippen molar-refractivity contribution in [3.63, 3.8) is 0 Å². The van der Waals surface area contributed by atoms with Crippen molar-refractivity contribution in [2.75, 3.05) is 27.2 Å². The number of methoxy groups -OCH3 is 1. The van der Waals surface area contributed by atoms with Crippen LogP contribution in [-0.4, -0.2) is 32.1 Å². The van der Waals surface area contributed by atoms with Crippen LogP contribution >= 0.6 is 0 Å². The first-order valence-corrected chi connectivity index (χ1v) is 6.87. The Hall–Kier alpha value is -1.13. The van der Waals surface area contributed by atoms with Crippen LogP contribution in [0.4, 0.5) is 4.39 Å². The van der Waals surface area contributed by atoms with Crippen LogP contribution in [0, 0.1) is 11.7 Å². The Labute approximate surface area is 114 Å². The van der Waals surface area contributed by atoms with Crippen molar-refractivity contribution in [3.05, 3.63) is 29.1 Å². The molecule has 1 aliphatic rings. The van der Waals surface area contributed by atoms with Crippen LogP contribution < -0.4 is 10.5 Å². The molecule has 3 nitrogen and oxygen atoms in total. The Balaban J connectivity index is 2.40. The van der Waals surface area contributed by atoms with E-state index in [0.717, 1.165) is 30.5 Å². The molecule has 0 amide bonds. The monoisotopic (exact) mass is 266 g/mol. The van der Waals surface area contributed by atoms with E-state index in [1.807, 2.05) is 6.92 Å². The molecule has 2 rings (SSSR count). The first-order chi connectivity index (χ1) is 9.10. The molecule has 1 fully saturated rings. The van der Waals surface area contributed by atoms with Gasteiger partial charge in [-0.3, -0.25) is 4.90 Å². The van der Waals surface area contributed by atoms with E-state index in [1.54, 1.807) is 6.07 Å². The van der Waals surface area contributed by atoms with E-state index in [4.69, 9.17) is 10.5 Å². The lowest BCUT2D eigenvalue weighted by Gasteiger charge is -2.23. The van der Waals surface area contributed by atoms with Gasteiger partial charge in [0.2, 0.25) is 0 Å². The number of hydrogen-bond acceptors (Lipinski definition) is 3. The number of halogens is 1. The van der Waals surface area contributed by atoms with E-state index < -0.39 is 0 Å². The maximum Gasteiger partial charge on any atom is 0.165 e. The molecular formula is C15H23FN2O. The van der Waals surface area contributed by atoms with Gasteiger partial charge in [-0.2, -0.15) is 0 Å². The second-order valence-corrected chi connectivity index (χ2v) is 5.35. The molecule has 1 aliphatic heterocycles.